The molecule has 146 valence electrons. The van der Waals surface area contributed by atoms with Gasteiger partial charge in [0.25, 0.3) is 5.91 Å². The lowest BCUT2D eigenvalue weighted by Crippen LogP contribution is -2.26. The van der Waals surface area contributed by atoms with Crippen LogP contribution in [0.2, 0.25) is 0 Å². The van der Waals surface area contributed by atoms with Crippen LogP contribution in [0.15, 0.2) is 65.7 Å². The van der Waals surface area contributed by atoms with Gasteiger partial charge < -0.3 is 5.32 Å². The van der Waals surface area contributed by atoms with E-state index in [9.17, 15) is 13.2 Å². The van der Waals surface area contributed by atoms with Crippen LogP contribution in [0.25, 0.3) is 5.69 Å². The minimum atomic E-state index is -3.45. The highest BCUT2D eigenvalue weighted by molar-refractivity contribution is 7.90. The van der Waals surface area contributed by atoms with Crippen molar-refractivity contribution in [3.05, 3.63) is 77.6 Å². The van der Waals surface area contributed by atoms with Crippen molar-refractivity contribution in [3.63, 3.8) is 0 Å². The number of carbonyl (C=O) groups is 1. The first-order valence-corrected chi connectivity index (χ1v) is 10.9. The summed E-state index contributed by atoms with van der Waals surface area (Å²) in [7, 11) is -3.45. The number of hydrogen-bond acceptors (Lipinski definition) is 4. The molecule has 28 heavy (non-hydrogen) atoms. The summed E-state index contributed by atoms with van der Waals surface area (Å²) < 4.78 is 25.5. The molecule has 0 saturated carbocycles. The molecule has 6 nitrogen and oxygen atoms in total. The van der Waals surface area contributed by atoms with E-state index in [1.807, 2.05) is 48.1 Å². The quantitative estimate of drug-likeness (QED) is 0.622. The second-order valence-corrected chi connectivity index (χ2v) is 8.63. The maximum Gasteiger partial charge on any atom is 0.252 e. The highest BCUT2D eigenvalue weighted by Gasteiger charge is 2.17. The van der Waals surface area contributed by atoms with Crippen LogP contribution in [-0.4, -0.2) is 36.9 Å². The average Bonchev–Trinajstić information content (AvgIpc) is 3.06. The molecule has 0 aliphatic heterocycles. The number of rotatable bonds is 7. The fourth-order valence-corrected chi connectivity index (χ4v) is 3.89. The third kappa shape index (κ3) is 4.67. The molecule has 0 atom stereocenters. The van der Waals surface area contributed by atoms with Gasteiger partial charge in [-0.3, -0.25) is 4.79 Å². The van der Waals surface area contributed by atoms with Crippen LogP contribution in [0.3, 0.4) is 0 Å². The standard InChI is InChI=1S/C21H23N3O3S/c1-16-17(15-24(23-16)18-10-4-3-5-11-18)9-8-14-22-21(25)19-12-6-7-13-20(19)28(2,26)27/h3-7,10-13,15H,8-9,14H2,1-2H3,(H,22,25). The van der Waals surface area contributed by atoms with E-state index in [1.165, 1.54) is 12.1 Å². The zero-order chi connectivity index (χ0) is 20.1. The second-order valence-electron chi connectivity index (χ2n) is 6.65. The first kappa shape index (κ1) is 19.8. The highest BCUT2D eigenvalue weighted by atomic mass is 32.2. The lowest BCUT2D eigenvalue weighted by Gasteiger charge is -2.08. The van der Waals surface area contributed by atoms with E-state index in [2.05, 4.69) is 10.4 Å². The van der Waals surface area contributed by atoms with Gasteiger partial charge in [0.05, 0.1) is 21.8 Å². The molecule has 0 aliphatic rings. The maximum absolute atomic E-state index is 12.4. The predicted molar refractivity (Wildman–Crippen MR) is 109 cm³/mol. The molecule has 0 aliphatic carbocycles. The Bertz CT molecular complexity index is 1070. The van der Waals surface area contributed by atoms with Gasteiger partial charge in [-0.05, 0) is 49.6 Å². The van der Waals surface area contributed by atoms with Gasteiger partial charge >= 0.3 is 0 Å². The zero-order valence-electron chi connectivity index (χ0n) is 15.9. The van der Waals surface area contributed by atoms with Crippen LogP contribution in [-0.2, 0) is 16.3 Å². The first-order valence-electron chi connectivity index (χ1n) is 9.04. The summed E-state index contributed by atoms with van der Waals surface area (Å²) >= 11 is 0. The molecule has 3 aromatic rings. The van der Waals surface area contributed by atoms with Gasteiger partial charge in [0, 0.05) is 19.0 Å². The van der Waals surface area contributed by atoms with E-state index >= 15 is 0 Å². The molecule has 0 bridgehead atoms. The van der Waals surface area contributed by atoms with Gasteiger partial charge in [-0.25, -0.2) is 13.1 Å². The van der Waals surface area contributed by atoms with Crippen molar-refractivity contribution in [1.29, 1.82) is 0 Å². The number of amides is 1. The van der Waals surface area contributed by atoms with Crippen LogP contribution in [0.1, 0.15) is 28.0 Å². The van der Waals surface area contributed by atoms with Crippen molar-refractivity contribution < 1.29 is 13.2 Å². The Morgan fingerprint density at radius 2 is 1.75 bits per heavy atom. The molecule has 0 fully saturated rings. The van der Waals surface area contributed by atoms with Crippen molar-refractivity contribution in [2.24, 2.45) is 0 Å². The normalized spacial score (nSPS) is 11.4. The minimum Gasteiger partial charge on any atom is -0.352 e. The number of para-hydroxylation sites is 1. The number of benzene rings is 2. The van der Waals surface area contributed by atoms with Crippen molar-refractivity contribution in [2.75, 3.05) is 12.8 Å². The number of carbonyl (C=O) groups excluding carboxylic acids is 1. The lowest BCUT2D eigenvalue weighted by atomic mass is 10.1. The second kappa shape index (κ2) is 8.39. The topological polar surface area (TPSA) is 81.1 Å². The van der Waals surface area contributed by atoms with Crippen LogP contribution >= 0.6 is 0 Å². The SMILES string of the molecule is Cc1nn(-c2ccccc2)cc1CCCNC(=O)c1ccccc1S(C)(=O)=O. The Labute approximate surface area is 165 Å². The van der Waals surface area contributed by atoms with Gasteiger partial charge in [0.1, 0.15) is 0 Å². The minimum absolute atomic E-state index is 0.0486. The summed E-state index contributed by atoms with van der Waals surface area (Å²) in [6.07, 6.45) is 4.61. The third-order valence-electron chi connectivity index (χ3n) is 4.46. The smallest absolute Gasteiger partial charge is 0.252 e. The highest BCUT2D eigenvalue weighted by Crippen LogP contribution is 2.16. The third-order valence-corrected chi connectivity index (χ3v) is 5.62. The van der Waals surface area contributed by atoms with Crippen LogP contribution < -0.4 is 5.32 Å². The monoisotopic (exact) mass is 397 g/mol. The molecule has 0 saturated heterocycles. The molecular weight excluding hydrogens is 374 g/mol. The molecule has 0 unspecified atom stereocenters. The van der Waals surface area contributed by atoms with Gasteiger partial charge in [-0.2, -0.15) is 5.10 Å². The molecule has 1 N–H and O–H groups in total. The molecule has 1 aromatic heterocycles. The fraction of sp³-hybridized carbons (Fsp3) is 0.238. The van der Waals surface area contributed by atoms with Crippen molar-refractivity contribution in [1.82, 2.24) is 15.1 Å². The Balaban J connectivity index is 1.59. The van der Waals surface area contributed by atoms with Crippen molar-refractivity contribution in [3.8, 4) is 5.69 Å². The summed E-state index contributed by atoms with van der Waals surface area (Å²) in [6.45, 7) is 2.42. The van der Waals surface area contributed by atoms with Gasteiger partial charge in [-0.1, -0.05) is 30.3 Å². The van der Waals surface area contributed by atoms with Crippen LogP contribution in [0, 0.1) is 6.92 Å². The Morgan fingerprint density at radius 3 is 2.46 bits per heavy atom. The van der Waals surface area contributed by atoms with E-state index in [4.69, 9.17) is 0 Å². The van der Waals surface area contributed by atoms with Crippen LogP contribution in [0.5, 0.6) is 0 Å². The Kier molecular flexibility index (Phi) is 5.94. The molecule has 1 heterocycles. The van der Waals surface area contributed by atoms with E-state index in [0.717, 1.165) is 36.0 Å². The summed E-state index contributed by atoms with van der Waals surface area (Å²) in [6, 6.07) is 16.1. The molecular formula is C21H23N3O3S. The fourth-order valence-electron chi connectivity index (χ4n) is 3.01. The van der Waals surface area contributed by atoms with Crippen molar-refractivity contribution >= 4 is 15.7 Å². The molecule has 1 amide bonds. The summed E-state index contributed by atoms with van der Waals surface area (Å²) in [4.78, 5) is 12.4. The summed E-state index contributed by atoms with van der Waals surface area (Å²) in [5, 5.41) is 7.35. The molecule has 0 spiro atoms. The van der Waals surface area contributed by atoms with Gasteiger partial charge in [0.15, 0.2) is 9.84 Å². The summed E-state index contributed by atoms with van der Waals surface area (Å²) in [5.41, 5.74) is 3.26. The number of aryl methyl sites for hydroxylation is 2. The molecule has 7 heteroatoms. The number of aromatic nitrogens is 2. The van der Waals surface area contributed by atoms with Gasteiger partial charge in [0.2, 0.25) is 0 Å². The number of nitrogens with zero attached hydrogens (tertiary/aromatic N) is 2. The predicted octanol–water partition coefficient (Wildman–Crippen LogP) is 2.95. The molecule has 3 rings (SSSR count). The van der Waals surface area contributed by atoms with Crippen LogP contribution in [0.4, 0.5) is 0 Å². The Hall–Kier alpha value is -2.93. The van der Waals surface area contributed by atoms with Crippen molar-refractivity contribution in [2.45, 2.75) is 24.7 Å². The van der Waals surface area contributed by atoms with Gasteiger partial charge in [-0.15, -0.1) is 0 Å². The maximum atomic E-state index is 12.4. The average molecular weight is 398 g/mol. The summed E-state index contributed by atoms with van der Waals surface area (Å²) in [5.74, 6) is -0.377. The van der Waals surface area contributed by atoms with E-state index < -0.39 is 9.84 Å². The Morgan fingerprint density at radius 1 is 1.07 bits per heavy atom. The largest absolute Gasteiger partial charge is 0.352 e. The number of nitrogens with one attached hydrogen (secondary N) is 1. The molecule has 2 aromatic carbocycles. The number of hydrogen-bond donors (Lipinski definition) is 1. The lowest BCUT2D eigenvalue weighted by molar-refractivity contribution is 0.0950. The zero-order valence-corrected chi connectivity index (χ0v) is 16.7. The number of sulfone groups is 1. The first-order chi connectivity index (χ1) is 13.4. The van der Waals surface area contributed by atoms with E-state index in [1.54, 1.807) is 12.1 Å². The van der Waals surface area contributed by atoms with E-state index in [-0.39, 0.29) is 16.4 Å². The van der Waals surface area contributed by atoms with E-state index in [0.29, 0.717) is 6.54 Å². The molecule has 0 radical (unpaired) electrons.